The number of nitrogens with zero attached hydrogens (tertiary/aromatic N) is 4. The highest BCUT2D eigenvalue weighted by molar-refractivity contribution is 8.01. The molecule has 0 bridgehead atoms. The summed E-state index contributed by atoms with van der Waals surface area (Å²) in [7, 11) is 0. The van der Waals surface area contributed by atoms with E-state index in [4.69, 9.17) is 4.42 Å². The quantitative estimate of drug-likeness (QED) is 0.386. The van der Waals surface area contributed by atoms with E-state index in [0.29, 0.717) is 17.3 Å². The first-order valence-electron chi connectivity index (χ1n) is 6.70. The number of nitro groups is 1. The van der Waals surface area contributed by atoms with Crippen molar-refractivity contribution in [2.24, 2.45) is 0 Å². The van der Waals surface area contributed by atoms with E-state index in [2.05, 4.69) is 15.2 Å². The molecule has 0 aliphatic rings. The number of nitro benzene ring substituents is 1. The van der Waals surface area contributed by atoms with Gasteiger partial charge in [-0.3, -0.25) is 10.1 Å². The fourth-order valence-corrected chi connectivity index (χ4v) is 3.84. The molecule has 0 aliphatic heterocycles. The number of thioether (sulfide) groups is 1. The molecule has 2 aromatic heterocycles. The summed E-state index contributed by atoms with van der Waals surface area (Å²) in [5.74, 6) is 0.842. The monoisotopic (exact) mass is 348 g/mol. The second kappa shape index (κ2) is 6.47. The van der Waals surface area contributed by atoms with E-state index in [1.165, 1.54) is 12.1 Å². The van der Waals surface area contributed by atoms with E-state index in [-0.39, 0.29) is 10.9 Å². The number of hydrogen-bond donors (Lipinski definition) is 0. The van der Waals surface area contributed by atoms with Gasteiger partial charge in [-0.25, -0.2) is 4.98 Å². The summed E-state index contributed by atoms with van der Waals surface area (Å²) in [4.78, 5) is 14.6. The van der Waals surface area contributed by atoms with Gasteiger partial charge in [0.05, 0.1) is 10.2 Å². The van der Waals surface area contributed by atoms with E-state index in [1.54, 1.807) is 35.2 Å². The smallest absolute Gasteiger partial charge is 0.269 e. The molecular weight excluding hydrogens is 336 g/mol. The summed E-state index contributed by atoms with van der Waals surface area (Å²) in [5, 5.41) is 20.7. The van der Waals surface area contributed by atoms with Crippen LogP contribution in [0.3, 0.4) is 0 Å². The maximum absolute atomic E-state index is 10.7. The van der Waals surface area contributed by atoms with Gasteiger partial charge in [-0.15, -0.1) is 21.5 Å². The Morgan fingerprint density at radius 1 is 1.30 bits per heavy atom. The van der Waals surface area contributed by atoms with Gasteiger partial charge in [0.1, 0.15) is 0 Å². The molecule has 118 valence electrons. The molecule has 0 spiro atoms. The average molecular weight is 348 g/mol. The lowest BCUT2D eigenvalue weighted by molar-refractivity contribution is -0.384. The van der Waals surface area contributed by atoms with E-state index in [1.807, 2.05) is 19.2 Å². The van der Waals surface area contributed by atoms with E-state index >= 15 is 0 Å². The summed E-state index contributed by atoms with van der Waals surface area (Å²) >= 11 is 3.13. The molecule has 0 unspecified atom stereocenters. The third-order valence-corrected chi connectivity index (χ3v) is 5.17. The average Bonchev–Trinajstić information content (AvgIpc) is 3.16. The zero-order valence-corrected chi connectivity index (χ0v) is 13.9. The number of rotatable bonds is 5. The SMILES string of the molecule is Cc1csc(S[C@H](C)c2nnc(-c3ccc([N+](=O)[O-])cc3)o2)n1. The molecule has 0 N–H and O–H groups in total. The molecule has 0 saturated carbocycles. The van der Waals surface area contributed by atoms with E-state index in [9.17, 15) is 10.1 Å². The molecule has 0 aliphatic carbocycles. The van der Waals surface area contributed by atoms with Gasteiger partial charge in [0, 0.05) is 28.8 Å². The van der Waals surface area contributed by atoms with Crippen LogP contribution in [0, 0.1) is 17.0 Å². The van der Waals surface area contributed by atoms with E-state index in [0.717, 1.165) is 10.0 Å². The third kappa shape index (κ3) is 3.57. The Kier molecular flexibility index (Phi) is 4.39. The molecule has 9 heteroatoms. The summed E-state index contributed by atoms with van der Waals surface area (Å²) in [6.07, 6.45) is 0. The van der Waals surface area contributed by atoms with Crippen LogP contribution in [0.15, 0.2) is 38.4 Å². The fraction of sp³-hybridized carbons (Fsp3) is 0.214. The molecule has 0 fully saturated rings. The molecule has 0 radical (unpaired) electrons. The molecule has 7 nitrogen and oxygen atoms in total. The Balaban J connectivity index is 1.75. The molecule has 3 aromatic rings. The van der Waals surface area contributed by atoms with Gasteiger partial charge in [-0.1, -0.05) is 11.8 Å². The normalized spacial score (nSPS) is 12.3. The maximum Gasteiger partial charge on any atom is 0.269 e. The van der Waals surface area contributed by atoms with Gasteiger partial charge in [0.25, 0.3) is 5.69 Å². The van der Waals surface area contributed by atoms with Gasteiger partial charge in [0.2, 0.25) is 11.8 Å². The molecule has 3 rings (SSSR count). The fourth-order valence-electron chi connectivity index (χ4n) is 1.83. The number of hydrogen-bond acceptors (Lipinski definition) is 8. The maximum atomic E-state index is 10.7. The number of non-ortho nitro benzene ring substituents is 1. The first kappa shape index (κ1) is 15.6. The van der Waals surface area contributed by atoms with Gasteiger partial charge in [0.15, 0.2) is 4.34 Å². The van der Waals surface area contributed by atoms with Crippen molar-refractivity contribution in [3.05, 3.63) is 51.3 Å². The van der Waals surface area contributed by atoms with Gasteiger partial charge in [-0.2, -0.15) is 0 Å². The minimum atomic E-state index is -0.447. The zero-order valence-electron chi connectivity index (χ0n) is 12.3. The molecule has 1 atom stereocenters. The Bertz CT molecular complexity index is 829. The molecule has 23 heavy (non-hydrogen) atoms. The number of thiazole rings is 1. The summed E-state index contributed by atoms with van der Waals surface area (Å²) in [6.45, 7) is 3.92. The molecular formula is C14H12N4O3S2. The van der Waals surface area contributed by atoms with E-state index < -0.39 is 4.92 Å². The minimum absolute atomic E-state index is 0.0246. The largest absolute Gasteiger partial charge is 0.419 e. The van der Waals surface area contributed by atoms with Crippen LogP contribution in [-0.4, -0.2) is 20.1 Å². The Hall–Kier alpha value is -2.26. The Morgan fingerprint density at radius 2 is 2.04 bits per heavy atom. The summed E-state index contributed by atoms with van der Waals surface area (Å²) < 4.78 is 6.62. The van der Waals surface area contributed by atoms with Crippen molar-refractivity contribution in [1.29, 1.82) is 0 Å². The molecule has 2 heterocycles. The first-order chi connectivity index (χ1) is 11.0. The van der Waals surface area contributed by atoms with Crippen LogP contribution in [0.5, 0.6) is 0 Å². The van der Waals surface area contributed by atoms with Crippen LogP contribution in [0.2, 0.25) is 0 Å². The molecule has 0 amide bonds. The predicted molar refractivity (Wildman–Crippen MR) is 87.5 cm³/mol. The highest BCUT2D eigenvalue weighted by Crippen LogP contribution is 2.36. The number of aryl methyl sites for hydroxylation is 1. The highest BCUT2D eigenvalue weighted by Gasteiger charge is 2.18. The van der Waals surface area contributed by atoms with Gasteiger partial charge >= 0.3 is 0 Å². The van der Waals surface area contributed by atoms with Crippen LogP contribution in [-0.2, 0) is 0 Å². The first-order valence-corrected chi connectivity index (χ1v) is 8.46. The summed E-state index contributed by atoms with van der Waals surface area (Å²) in [6, 6.07) is 6.01. The van der Waals surface area contributed by atoms with Gasteiger partial charge < -0.3 is 4.42 Å². The highest BCUT2D eigenvalue weighted by atomic mass is 32.2. The topological polar surface area (TPSA) is 95.0 Å². The van der Waals surface area contributed by atoms with Crippen molar-refractivity contribution in [1.82, 2.24) is 15.2 Å². The number of aromatic nitrogens is 3. The lowest BCUT2D eigenvalue weighted by Gasteiger charge is -2.02. The van der Waals surface area contributed by atoms with Crippen LogP contribution in [0.25, 0.3) is 11.5 Å². The zero-order chi connectivity index (χ0) is 16.4. The Morgan fingerprint density at radius 3 is 2.65 bits per heavy atom. The van der Waals surface area contributed by atoms with Crippen LogP contribution >= 0.6 is 23.1 Å². The third-order valence-electron chi connectivity index (χ3n) is 2.99. The molecule has 1 aromatic carbocycles. The van der Waals surface area contributed by atoms with Crippen molar-refractivity contribution in [2.45, 2.75) is 23.4 Å². The lowest BCUT2D eigenvalue weighted by atomic mass is 10.2. The standard InChI is InChI=1S/C14H12N4O3S2/c1-8-7-22-14(15-8)23-9(2)12-16-17-13(21-12)10-3-5-11(6-4-10)18(19)20/h3-7,9H,1-2H3/t9-/m1/s1. The minimum Gasteiger partial charge on any atom is -0.419 e. The summed E-state index contributed by atoms with van der Waals surface area (Å²) in [5.41, 5.74) is 1.66. The van der Waals surface area contributed by atoms with Gasteiger partial charge in [-0.05, 0) is 26.0 Å². The second-order valence-corrected chi connectivity index (χ2v) is 7.21. The van der Waals surface area contributed by atoms with Crippen molar-refractivity contribution in [2.75, 3.05) is 0 Å². The lowest BCUT2D eigenvalue weighted by Crippen LogP contribution is -1.88. The van der Waals surface area contributed by atoms with Crippen LogP contribution < -0.4 is 0 Å². The van der Waals surface area contributed by atoms with Crippen molar-refractivity contribution in [3.63, 3.8) is 0 Å². The van der Waals surface area contributed by atoms with Crippen molar-refractivity contribution < 1.29 is 9.34 Å². The molecule has 0 saturated heterocycles. The Labute approximate surface area is 139 Å². The number of benzene rings is 1. The van der Waals surface area contributed by atoms with Crippen LogP contribution in [0.4, 0.5) is 5.69 Å². The van der Waals surface area contributed by atoms with Crippen molar-refractivity contribution in [3.8, 4) is 11.5 Å². The predicted octanol–water partition coefficient (Wildman–Crippen LogP) is 4.26. The van der Waals surface area contributed by atoms with Crippen molar-refractivity contribution >= 4 is 28.8 Å². The second-order valence-electron chi connectivity index (χ2n) is 4.76. The van der Waals surface area contributed by atoms with Crippen LogP contribution in [0.1, 0.15) is 23.8 Å².